The summed E-state index contributed by atoms with van der Waals surface area (Å²) < 4.78 is 13.8. The SMILES string of the molecule is NC(=O)c1c(N)ncc(F)c1-c1ccccc1. The summed E-state index contributed by atoms with van der Waals surface area (Å²) in [6, 6.07) is 8.59. The second-order valence-electron chi connectivity index (χ2n) is 3.47. The van der Waals surface area contributed by atoms with Crippen LogP contribution in [0.2, 0.25) is 0 Å². The molecule has 0 saturated heterocycles. The topological polar surface area (TPSA) is 82.0 Å². The molecule has 1 heterocycles. The first-order valence-electron chi connectivity index (χ1n) is 4.90. The van der Waals surface area contributed by atoms with Crippen LogP contribution >= 0.6 is 0 Å². The minimum atomic E-state index is -0.798. The van der Waals surface area contributed by atoms with Crippen LogP contribution in [0.1, 0.15) is 10.4 Å². The van der Waals surface area contributed by atoms with Gasteiger partial charge in [0.25, 0.3) is 5.91 Å². The van der Waals surface area contributed by atoms with Gasteiger partial charge in [-0.2, -0.15) is 0 Å². The van der Waals surface area contributed by atoms with Crippen LogP contribution < -0.4 is 11.5 Å². The van der Waals surface area contributed by atoms with Gasteiger partial charge in [-0.05, 0) is 5.56 Å². The molecule has 0 bridgehead atoms. The highest BCUT2D eigenvalue weighted by Crippen LogP contribution is 2.28. The van der Waals surface area contributed by atoms with E-state index < -0.39 is 11.7 Å². The number of nitrogens with two attached hydrogens (primary N) is 2. The number of halogens is 1. The van der Waals surface area contributed by atoms with Crippen molar-refractivity contribution in [1.29, 1.82) is 0 Å². The zero-order chi connectivity index (χ0) is 12.4. The van der Waals surface area contributed by atoms with Crippen molar-refractivity contribution in [2.24, 2.45) is 5.73 Å². The first-order chi connectivity index (χ1) is 8.11. The standard InChI is InChI=1S/C12H10FN3O/c13-8-6-16-11(14)10(12(15)17)9(8)7-4-2-1-3-5-7/h1-6H,(H2,14,16)(H2,15,17). The second kappa shape index (κ2) is 4.21. The number of nitrogens with zero attached hydrogens (tertiary/aromatic N) is 1. The Balaban J connectivity index is 2.76. The molecule has 0 aliphatic heterocycles. The first kappa shape index (κ1) is 11.1. The predicted octanol–water partition coefficient (Wildman–Crippen LogP) is 1.57. The number of primary amides is 1. The molecule has 0 radical (unpaired) electrons. The summed E-state index contributed by atoms with van der Waals surface area (Å²) in [5.74, 6) is -1.50. The zero-order valence-electron chi connectivity index (χ0n) is 8.85. The van der Waals surface area contributed by atoms with E-state index in [-0.39, 0.29) is 16.9 Å². The van der Waals surface area contributed by atoms with E-state index in [1.54, 1.807) is 30.3 Å². The third-order valence-corrected chi connectivity index (χ3v) is 2.37. The van der Waals surface area contributed by atoms with Crippen molar-refractivity contribution in [3.05, 3.63) is 47.9 Å². The molecule has 0 saturated carbocycles. The highest BCUT2D eigenvalue weighted by Gasteiger charge is 2.18. The molecular weight excluding hydrogens is 221 g/mol. The van der Waals surface area contributed by atoms with Crippen molar-refractivity contribution in [2.45, 2.75) is 0 Å². The molecule has 1 amide bonds. The minimum Gasteiger partial charge on any atom is -0.383 e. The molecule has 0 atom stereocenters. The molecule has 5 heteroatoms. The largest absolute Gasteiger partial charge is 0.383 e. The molecule has 1 aromatic carbocycles. The van der Waals surface area contributed by atoms with Crippen molar-refractivity contribution in [1.82, 2.24) is 4.98 Å². The number of anilines is 1. The van der Waals surface area contributed by atoms with E-state index in [4.69, 9.17) is 11.5 Å². The summed E-state index contributed by atoms with van der Waals surface area (Å²) in [5, 5.41) is 0. The van der Waals surface area contributed by atoms with Gasteiger partial charge in [0, 0.05) is 5.56 Å². The fourth-order valence-electron chi connectivity index (χ4n) is 1.64. The lowest BCUT2D eigenvalue weighted by Gasteiger charge is -2.09. The van der Waals surface area contributed by atoms with Crippen LogP contribution in [-0.4, -0.2) is 10.9 Å². The number of hydrogen-bond donors (Lipinski definition) is 2. The van der Waals surface area contributed by atoms with Crippen LogP contribution in [-0.2, 0) is 0 Å². The lowest BCUT2D eigenvalue weighted by atomic mass is 10.00. The minimum absolute atomic E-state index is 0.0715. The van der Waals surface area contributed by atoms with Gasteiger partial charge in [-0.3, -0.25) is 4.79 Å². The highest BCUT2D eigenvalue weighted by atomic mass is 19.1. The molecular formula is C12H10FN3O. The van der Waals surface area contributed by atoms with Gasteiger partial charge in [-0.25, -0.2) is 9.37 Å². The van der Waals surface area contributed by atoms with E-state index in [0.717, 1.165) is 6.20 Å². The summed E-state index contributed by atoms with van der Waals surface area (Å²) >= 11 is 0. The summed E-state index contributed by atoms with van der Waals surface area (Å²) in [4.78, 5) is 14.9. The smallest absolute Gasteiger partial charge is 0.253 e. The van der Waals surface area contributed by atoms with Gasteiger partial charge in [0.2, 0.25) is 0 Å². The van der Waals surface area contributed by atoms with E-state index in [2.05, 4.69) is 4.98 Å². The normalized spacial score (nSPS) is 10.2. The number of hydrogen-bond acceptors (Lipinski definition) is 3. The zero-order valence-corrected chi connectivity index (χ0v) is 8.85. The van der Waals surface area contributed by atoms with Gasteiger partial charge in [-0.15, -0.1) is 0 Å². The Bertz CT molecular complexity index is 569. The van der Waals surface area contributed by atoms with Crippen LogP contribution in [0.15, 0.2) is 36.5 Å². The number of benzene rings is 1. The highest BCUT2D eigenvalue weighted by molar-refractivity contribution is 6.03. The second-order valence-corrected chi connectivity index (χ2v) is 3.47. The maximum atomic E-state index is 13.8. The third-order valence-electron chi connectivity index (χ3n) is 2.37. The lowest BCUT2D eigenvalue weighted by Crippen LogP contribution is -2.17. The van der Waals surface area contributed by atoms with E-state index in [0.29, 0.717) is 5.56 Å². The molecule has 4 N–H and O–H groups in total. The molecule has 17 heavy (non-hydrogen) atoms. The molecule has 86 valence electrons. The molecule has 4 nitrogen and oxygen atoms in total. The van der Waals surface area contributed by atoms with E-state index >= 15 is 0 Å². The summed E-state index contributed by atoms with van der Waals surface area (Å²) in [5.41, 5.74) is 11.3. The van der Waals surface area contributed by atoms with E-state index in [1.165, 1.54) is 0 Å². The maximum absolute atomic E-state index is 13.8. The van der Waals surface area contributed by atoms with Crippen LogP contribution in [0.5, 0.6) is 0 Å². The first-order valence-corrected chi connectivity index (χ1v) is 4.90. The Kier molecular flexibility index (Phi) is 2.74. The number of pyridine rings is 1. The van der Waals surface area contributed by atoms with E-state index in [9.17, 15) is 9.18 Å². The van der Waals surface area contributed by atoms with Gasteiger partial charge in [0.1, 0.15) is 11.6 Å². The Labute approximate surface area is 97.1 Å². The Morgan fingerprint density at radius 2 is 1.88 bits per heavy atom. The quantitative estimate of drug-likeness (QED) is 0.822. The van der Waals surface area contributed by atoms with Crippen LogP contribution in [0, 0.1) is 5.82 Å². The predicted molar refractivity (Wildman–Crippen MR) is 62.6 cm³/mol. The molecule has 0 spiro atoms. The number of aromatic nitrogens is 1. The van der Waals surface area contributed by atoms with Crippen LogP contribution in [0.4, 0.5) is 10.2 Å². The summed E-state index contributed by atoms with van der Waals surface area (Å²) in [6.45, 7) is 0. The summed E-state index contributed by atoms with van der Waals surface area (Å²) in [7, 11) is 0. The number of carbonyl (C=O) groups is 1. The number of carbonyl (C=O) groups excluding carboxylic acids is 1. The van der Waals surface area contributed by atoms with Crippen molar-refractivity contribution in [3.8, 4) is 11.1 Å². The van der Waals surface area contributed by atoms with E-state index in [1.807, 2.05) is 0 Å². The number of rotatable bonds is 2. The molecule has 0 fully saturated rings. The Morgan fingerprint density at radius 1 is 1.24 bits per heavy atom. The Morgan fingerprint density at radius 3 is 2.47 bits per heavy atom. The van der Waals surface area contributed by atoms with Crippen LogP contribution in [0.3, 0.4) is 0 Å². The van der Waals surface area contributed by atoms with Gasteiger partial charge < -0.3 is 11.5 Å². The number of nitrogen functional groups attached to an aromatic ring is 1. The molecule has 0 aliphatic rings. The van der Waals surface area contributed by atoms with Crippen molar-refractivity contribution in [2.75, 3.05) is 5.73 Å². The lowest BCUT2D eigenvalue weighted by molar-refractivity contribution is 0.100. The fraction of sp³-hybridized carbons (Fsp3) is 0. The maximum Gasteiger partial charge on any atom is 0.253 e. The fourth-order valence-corrected chi connectivity index (χ4v) is 1.64. The molecule has 2 aromatic rings. The Hall–Kier alpha value is -2.43. The third kappa shape index (κ3) is 1.94. The average Bonchev–Trinajstić information content (AvgIpc) is 2.32. The van der Waals surface area contributed by atoms with Crippen molar-refractivity contribution < 1.29 is 9.18 Å². The summed E-state index contributed by atoms with van der Waals surface area (Å²) in [6.07, 6.45) is 0.976. The molecule has 0 aliphatic carbocycles. The monoisotopic (exact) mass is 231 g/mol. The molecule has 1 aromatic heterocycles. The molecule has 2 rings (SSSR count). The van der Waals surface area contributed by atoms with Crippen molar-refractivity contribution >= 4 is 11.7 Å². The van der Waals surface area contributed by atoms with Gasteiger partial charge in [0.15, 0.2) is 0 Å². The molecule has 0 unspecified atom stereocenters. The number of amides is 1. The van der Waals surface area contributed by atoms with Gasteiger partial charge in [-0.1, -0.05) is 30.3 Å². The average molecular weight is 231 g/mol. The van der Waals surface area contributed by atoms with Gasteiger partial charge >= 0.3 is 0 Å². The van der Waals surface area contributed by atoms with Crippen LogP contribution in [0.25, 0.3) is 11.1 Å². The van der Waals surface area contributed by atoms with Crippen molar-refractivity contribution in [3.63, 3.8) is 0 Å². The van der Waals surface area contributed by atoms with Gasteiger partial charge in [0.05, 0.1) is 11.8 Å².